The topological polar surface area (TPSA) is 104 Å². The van der Waals surface area contributed by atoms with Gasteiger partial charge in [0.2, 0.25) is 0 Å². The zero-order valence-corrected chi connectivity index (χ0v) is 20.8. The number of aromatic nitrogens is 5. The van der Waals surface area contributed by atoms with E-state index >= 15 is 0 Å². The molecule has 0 atom stereocenters. The van der Waals surface area contributed by atoms with Gasteiger partial charge in [-0.2, -0.15) is 5.10 Å². The average molecular weight is 497 g/mol. The Bertz CT molecular complexity index is 1160. The number of rotatable bonds is 5. The van der Waals surface area contributed by atoms with Crippen molar-refractivity contribution in [1.29, 1.82) is 0 Å². The fourth-order valence-corrected chi connectivity index (χ4v) is 7.89. The first-order valence-electron chi connectivity index (χ1n) is 13.1. The van der Waals surface area contributed by atoms with Crippen LogP contribution in [0.5, 0.6) is 0 Å². The van der Waals surface area contributed by atoms with E-state index in [1.165, 1.54) is 29.8 Å². The van der Waals surface area contributed by atoms with Crippen LogP contribution in [0.15, 0.2) is 6.33 Å². The van der Waals surface area contributed by atoms with Crippen LogP contribution >= 0.6 is 11.5 Å². The smallest absolute Gasteiger partial charge is 0.320 e. The lowest BCUT2D eigenvalue weighted by molar-refractivity contribution is -0.120. The Morgan fingerprint density at radius 3 is 2.43 bits per heavy atom. The van der Waals surface area contributed by atoms with Crippen molar-refractivity contribution in [3.8, 4) is 0 Å². The van der Waals surface area contributed by atoms with E-state index in [4.69, 9.17) is 0 Å². The van der Waals surface area contributed by atoms with Crippen molar-refractivity contribution in [2.24, 2.45) is 10.8 Å². The molecule has 2 spiro atoms. The van der Waals surface area contributed by atoms with E-state index in [0.29, 0.717) is 23.2 Å². The summed E-state index contributed by atoms with van der Waals surface area (Å²) in [5, 5.41) is 19.1. The molecule has 3 aliphatic carbocycles. The van der Waals surface area contributed by atoms with E-state index in [9.17, 15) is 9.90 Å². The number of hydrogen-bond donors (Lipinski definition) is 1. The number of aliphatic hydroxyl groups is 1. The van der Waals surface area contributed by atoms with Gasteiger partial charge in [-0.15, -0.1) is 5.10 Å². The summed E-state index contributed by atoms with van der Waals surface area (Å²) < 4.78 is 6.16. The predicted octanol–water partition coefficient (Wildman–Crippen LogP) is 1.95. The number of nitrogens with zero attached hydrogens (tertiary/aromatic N) is 8. The standard InChI is InChI=1S/C24H32N8O2S/c33-21(30-11-22(12-30)6-17(7-22)32-15-25-20(27-32)24(34)4-5-24)31-13-23(14-31)9-29(10-23)8-18-19(26-28-35-18)16-2-1-3-16/h15-17,34H,1-14H2. The van der Waals surface area contributed by atoms with Crippen LogP contribution in [0.25, 0.3) is 0 Å². The van der Waals surface area contributed by atoms with Crippen molar-refractivity contribution in [2.75, 3.05) is 39.3 Å². The van der Waals surface area contributed by atoms with E-state index in [1.54, 1.807) is 17.9 Å². The van der Waals surface area contributed by atoms with Gasteiger partial charge in [-0.05, 0) is 50.1 Å². The predicted molar refractivity (Wildman–Crippen MR) is 127 cm³/mol. The third-order valence-corrected chi connectivity index (χ3v) is 10.3. The van der Waals surface area contributed by atoms with E-state index in [0.717, 1.165) is 71.5 Å². The fourth-order valence-electron chi connectivity index (χ4n) is 7.12. The second kappa shape index (κ2) is 7.01. The Hall–Kier alpha value is -2.11. The van der Waals surface area contributed by atoms with Crippen LogP contribution in [0, 0.1) is 10.8 Å². The maximum atomic E-state index is 13.0. The summed E-state index contributed by atoms with van der Waals surface area (Å²) in [7, 11) is 0. The van der Waals surface area contributed by atoms with E-state index in [-0.39, 0.29) is 11.4 Å². The van der Waals surface area contributed by atoms with Crippen LogP contribution in [0.3, 0.4) is 0 Å². The van der Waals surface area contributed by atoms with Gasteiger partial charge in [-0.1, -0.05) is 10.9 Å². The Labute approximate surface area is 208 Å². The summed E-state index contributed by atoms with van der Waals surface area (Å²) in [5.41, 5.74) is 1.06. The van der Waals surface area contributed by atoms with Crippen LogP contribution in [0.2, 0.25) is 0 Å². The Balaban J connectivity index is 0.789. The average Bonchev–Trinajstić information content (AvgIpc) is 3.08. The molecule has 35 heavy (non-hydrogen) atoms. The molecule has 11 heteroatoms. The van der Waals surface area contributed by atoms with Crippen LogP contribution < -0.4 is 0 Å². The summed E-state index contributed by atoms with van der Waals surface area (Å²) in [6.07, 6.45) is 9.26. The summed E-state index contributed by atoms with van der Waals surface area (Å²) in [5.74, 6) is 1.22. The maximum absolute atomic E-state index is 13.0. The van der Waals surface area contributed by atoms with Gasteiger partial charge in [0.1, 0.15) is 11.9 Å². The lowest BCUT2D eigenvalue weighted by atomic mass is 9.60. The highest BCUT2D eigenvalue weighted by atomic mass is 32.1. The number of carbonyl (C=O) groups is 1. The Morgan fingerprint density at radius 1 is 1.06 bits per heavy atom. The van der Waals surface area contributed by atoms with Gasteiger partial charge < -0.3 is 14.9 Å². The molecule has 186 valence electrons. The second-order valence-corrected chi connectivity index (χ2v) is 13.3. The van der Waals surface area contributed by atoms with Gasteiger partial charge >= 0.3 is 6.03 Å². The molecule has 1 N–H and O–H groups in total. The molecule has 0 aromatic carbocycles. The van der Waals surface area contributed by atoms with Crippen LogP contribution in [0.1, 0.15) is 73.3 Å². The molecule has 8 rings (SSSR count). The highest BCUT2D eigenvalue weighted by molar-refractivity contribution is 7.05. The van der Waals surface area contributed by atoms with E-state index in [2.05, 4.69) is 29.5 Å². The molecule has 2 amide bonds. The minimum Gasteiger partial charge on any atom is -0.382 e. The number of hydrogen-bond acceptors (Lipinski definition) is 8. The molecule has 0 radical (unpaired) electrons. The largest absolute Gasteiger partial charge is 0.382 e. The van der Waals surface area contributed by atoms with Crippen molar-refractivity contribution >= 4 is 17.6 Å². The molecule has 3 saturated heterocycles. The highest BCUT2D eigenvalue weighted by Gasteiger charge is 2.58. The highest BCUT2D eigenvalue weighted by Crippen LogP contribution is 2.55. The lowest BCUT2D eigenvalue weighted by Gasteiger charge is -2.63. The molecule has 6 fully saturated rings. The molecule has 3 saturated carbocycles. The molecular formula is C24H32N8O2S. The minimum absolute atomic E-state index is 0.223. The number of urea groups is 1. The Morgan fingerprint density at radius 2 is 1.77 bits per heavy atom. The zero-order valence-electron chi connectivity index (χ0n) is 20.0. The maximum Gasteiger partial charge on any atom is 0.320 e. The van der Waals surface area contributed by atoms with Crippen molar-refractivity contribution in [3.63, 3.8) is 0 Å². The quantitative estimate of drug-likeness (QED) is 0.675. The van der Waals surface area contributed by atoms with Gasteiger partial charge in [0.15, 0.2) is 5.82 Å². The first-order chi connectivity index (χ1) is 16.9. The first-order valence-corrected chi connectivity index (χ1v) is 13.9. The second-order valence-electron chi connectivity index (χ2n) is 12.5. The summed E-state index contributed by atoms with van der Waals surface area (Å²) >= 11 is 1.57. The molecule has 0 unspecified atom stereocenters. The normalized spacial score (nSPS) is 28.3. The van der Waals surface area contributed by atoms with E-state index in [1.807, 2.05) is 9.58 Å². The van der Waals surface area contributed by atoms with Gasteiger partial charge in [0, 0.05) is 62.6 Å². The van der Waals surface area contributed by atoms with E-state index < -0.39 is 5.60 Å². The number of likely N-dealkylation sites (tertiary alicyclic amines) is 3. The molecule has 0 bridgehead atoms. The first kappa shape index (κ1) is 21.0. The van der Waals surface area contributed by atoms with Crippen molar-refractivity contribution in [3.05, 3.63) is 22.7 Å². The summed E-state index contributed by atoms with van der Waals surface area (Å²) in [6.45, 7) is 6.67. The lowest BCUT2D eigenvalue weighted by Crippen LogP contribution is -2.75. The molecule has 5 heterocycles. The third-order valence-electron chi connectivity index (χ3n) is 9.57. The fraction of sp³-hybridized carbons (Fsp3) is 0.792. The van der Waals surface area contributed by atoms with Gasteiger partial charge in [0.05, 0.1) is 16.6 Å². The SMILES string of the molecule is O=C(N1CC2(CC(n3cnc(C4(O)CC4)n3)C2)C1)N1CC2(CN(Cc3snnc3C3CCC3)C2)C1. The van der Waals surface area contributed by atoms with Crippen molar-refractivity contribution in [1.82, 2.24) is 39.1 Å². The monoisotopic (exact) mass is 496 g/mol. The molecule has 2 aromatic heterocycles. The zero-order chi connectivity index (χ0) is 23.4. The Kier molecular flexibility index (Phi) is 4.21. The third kappa shape index (κ3) is 3.23. The summed E-state index contributed by atoms with van der Waals surface area (Å²) in [6, 6.07) is 0.573. The number of amides is 2. The molecule has 2 aromatic rings. The van der Waals surface area contributed by atoms with Gasteiger partial charge in [-0.3, -0.25) is 4.90 Å². The van der Waals surface area contributed by atoms with Crippen molar-refractivity contribution < 1.29 is 9.90 Å². The summed E-state index contributed by atoms with van der Waals surface area (Å²) in [4.78, 5) is 25.3. The molecule has 3 aliphatic heterocycles. The van der Waals surface area contributed by atoms with Gasteiger partial charge in [-0.25, -0.2) is 14.5 Å². The molecule has 10 nitrogen and oxygen atoms in total. The van der Waals surface area contributed by atoms with Crippen molar-refractivity contribution in [2.45, 2.75) is 69.1 Å². The molecule has 6 aliphatic rings. The van der Waals surface area contributed by atoms with Crippen LogP contribution in [-0.4, -0.2) is 89.5 Å². The van der Waals surface area contributed by atoms with Crippen LogP contribution in [0.4, 0.5) is 4.79 Å². The molecular weight excluding hydrogens is 464 g/mol. The minimum atomic E-state index is -0.768. The van der Waals surface area contributed by atoms with Gasteiger partial charge in [0.25, 0.3) is 0 Å². The number of carbonyl (C=O) groups excluding carboxylic acids is 1. The van der Waals surface area contributed by atoms with Crippen LogP contribution in [-0.2, 0) is 12.1 Å².